The number of hydrogen-bond donors (Lipinski definition) is 3. The number of aliphatic imine (C=N–C) groups is 1. The standard InChI is InChI=1S/C29H26FN7/c1-3-23(34-28(4-2)37-15-19(31)16-37)25-13-22-27(14-32-25)35-36-29(22)26-12-21-20(9-6-10-24(21)33-26)17-7-5-8-18(30)11-17/h3-14,19,33H,2,15-16,31H2,1H3,(H,35,36)/b23-3-,34-28?. The van der Waals surface area contributed by atoms with E-state index in [1.807, 2.05) is 43.3 Å². The summed E-state index contributed by atoms with van der Waals surface area (Å²) in [6.45, 7) is 7.38. The fraction of sp³-hybridized carbons (Fsp3) is 0.138. The van der Waals surface area contributed by atoms with Crippen LogP contribution in [0.25, 0.3) is 50.0 Å². The van der Waals surface area contributed by atoms with E-state index in [0.29, 0.717) is 0 Å². The van der Waals surface area contributed by atoms with Crippen LogP contribution in [-0.4, -0.2) is 50.0 Å². The van der Waals surface area contributed by atoms with Crippen LogP contribution >= 0.6 is 0 Å². The molecule has 6 rings (SSSR count). The van der Waals surface area contributed by atoms with Crippen molar-refractivity contribution in [1.82, 2.24) is 25.1 Å². The Bertz CT molecular complexity index is 1700. The number of nitrogens with zero attached hydrogens (tertiary/aromatic N) is 4. The Hall–Kier alpha value is -4.56. The molecule has 3 aromatic heterocycles. The number of amidine groups is 1. The number of nitrogens with two attached hydrogens (primary N) is 1. The molecule has 0 radical (unpaired) electrons. The molecule has 4 heterocycles. The van der Waals surface area contributed by atoms with E-state index in [2.05, 4.69) is 37.7 Å². The molecule has 0 amide bonds. The number of rotatable bonds is 5. The lowest BCUT2D eigenvalue weighted by Crippen LogP contribution is -2.57. The van der Waals surface area contributed by atoms with Crippen LogP contribution < -0.4 is 5.73 Å². The highest BCUT2D eigenvalue weighted by Crippen LogP contribution is 2.34. The Kier molecular flexibility index (Phi) is 5.65. The highest BCUT2D eigenvalue weighted by Gasteiger charge is 2.25. The number of pyridine rings is 1. The average molecular weight is 492 g/mol. The van der Waals surface area contributed by atoms with Crippen molar-refractivity contribution in [3.05, 3.63) is 91.0 Å². The summed E-state index contributed by atoms with van der Waals surface area (Å²) < 4.78 is 13.9. The lowest BCUT2D eigenvalue weighted by Gasteiger charge is -2.38. The molecule has 0 spiro atoms. The average Bonchev–Trinajstić information content (AvgIpc) is 3.51. The van der Waals surface area contributed by atoms with Gasteiger partial charge in [0.25, 0.3) is 0 Å². The first kappa shape index (κ1) is 22.9. The summed E-state index contributed by atoms with van der Waals surface area (Å²) in [4.78, 5) is 15.0. The van der Waals surface area contributed by atoms with E-state index >= 15 is 0 Å². The molecule has 0 bridgehead atoms. The highest BCUT2D eigenvalue weighted by atomic mass is 19.1. The lowest BCUT2D eigenvalue weighted by molar-refractivity contribution is 0.256. The number of halogens is 1. The Morgan fingerprint density at radius 2 is 1.97 bits per heavy atom. The minimum Gasteiger partial charge on any atom is -0.353 e. The molecule has 1 aliphatic rings. The predicted octanol–water partition coefficient (Wildman–Crippen LogP) is 5.50. The number of aromatic nitrogens is 4. The van der Waals surface area contributed by atoms with Gasteiger partial charge in [-0.3, -0.25) is 10.1 Å². The van der Waals surface area contributed by atoms with Crippen LogP contribution in [0.5, 0.6) is 0 Å². The van der Waals surface area contributed by atoms with Gasteiger partial charge in [0, 0.05) is 35.4 Å². The van der Waals surface area contributed by atoms with Crippen molar-refractivity contribution in [2.75, 3.05) is 13.1 Å². The molecule has 37 heavy (non-hydrogen) atoms. The second-order valence-corrected chi connectivity index (χ2v) is 9.16. The molecule has 4 N–H and O–H groups in total. The van der Waals surface area contributed by atoms with Gasteiger partial charge in [-0.1, -0.05) is 36.9 Å². The number of hydrogen-bond acceptors (Lipinski definition) is 4. The van der Waals surface area contributed by atoms with Crippen LogP contribution in [0.15, 0.2) is 84.5 Å². The highest BCUT2D eigenvalue weighted by molar-refractivity contribution is 6.02. The maximum absolute atomic E-state index is 13.9. The quantitative estimate of drug-likeness (QED) is 0.223. The summed E-state index contributed by atoms with van der Waals surface area (Å²) in [7, 11) is 0. The maximum Gasteiger partial charge on any atom is 0.128 e. The second kappa shape index (κ2) is 9.15. The molecule has 0 atom stereocenters. The van der Waals surface area contributed by atoms with E-state index in [1.165, 1.54) is 6.07 Å². The Morgan fingerprint density at radius 1 is 1.14 bits per heavy atom. The minimum atomic E-state index is -0.261. The van der Waals surface area contributed by atoms with E-state index in [9.17, 15) is 4.39 Å². The zero-order valence-corrected chi connectivity index (χ0v) is 20.4. The van der Waals surface area contributed by atoms with Crippen molar-refractivity contribution in [2.24, 2.45) is 10.7 Å². The first-order valence-corrected chi connectivity index (χ1v) is 12.1. The second-order valence-electron chi connectivity index (χ2n) is 9.16. The Morgan fingerprint density at radius 3 is 2.73 bits per heavy atom. The Labute approximate surface area is 213 Å². The van der Waals surface area contributed by atoms with Crippen LogP contribution in [0, 0.1) is 5.82 Å². The number of likely N-dealkylation sites (tertiary alicyclic amines) is 1. The van der Waals surface area contributed by atoms with Crippen molar-refractivity contribution in [3.63, 3.8) is 0 Å². The van der Waals surface area contributed by atoms with Crippen molar-refractivity contribution in [2.45, 2.75) is 13.0 Å². The number of allylic oxidation sites excluding steroid dienone is 1. The zero-order valence-electron chi connectivity index (χ0n) is 20.4. The van der Waals surface area contributed by atoms with Crippen molar-refractivity contribution < 1.29 is 4.39 Å². The van der Waals surface area contributed by atoms with E-state index in [-0.39, 0.29) is 11.9 Å². The van der Waals surface area contributed by atoms with E-state index < -0.39 is 0 Å². The summed E-state index contributed by atoms with van der Waals surface area (Å²) in [6.07, 6.45) is 5.46. The van der Waals surface area contributed by atoms with Gasteiger partial charge in [0.2, 0.25) is 0 Å². The summed E-state index contributed by atoms with van der Waals surface area (Å²) >= 11 is 0. The SMILES string of the molecule is C=CC(=N/C(=C\C)c1cc2c(-c3cc4c(-c5cccc(F)c5)cccc4[nH]3)n[nH]c2cn1)N1CC(N)C1. The van der Waals surface area contributed by atoms with E-state index in [4.69, 9.17) is 10.7 Å². The first-order chi connectivity index (χ1) is 18.0. The van der Waals surface area contributed by atoms with Gasteiger partial charge in [-0.25, -0.2) is 9.38 Å². The number of fused-ring (bicyclic) bond motifs is 2. The molecule has 0 aliphatic carbocycles. The summed E-state index contributed by atoms with van der Waals surface area (Å²) in [6, 6.07) is 16.8. The largest absolute Gasteiger partial charge is 0.353 e. The zero-order chi connectivity index (χ0) is 25.5. The van der Waals surface area contributed by atoms with Crippen molar-refractivity contribution in [1.29, 1.82) is 0 Å². The molecular weight excluding hydrogens is 465 g/mol. The van der Waals surface area contributed by atoms with Gasteiger partial charge in [0.05, 0.1) is 28.8 Å². The molecule has 0 saturated carbocycles. The van der Waals surface area contributed by atoms with Gasteiger partial charge in [0.1, 0.15) is 17.3 Å². The van der Waals surface area contributed by atoms with Crippen molar-refractivity contribution >= 4 is 33.3 Å². The van der Waals surface area contributed by atoms with Gasteiger partial charge in [-0.05, 0) is 54.5 Å². The molecule has 1 fully saturated rings. The monoisotopic (exact) mass is 491 g/mol. The molecule has 7 nitrogen and oxygen atoms in total. The van der Waals surface area contributed by atoms with Crippen LogP contribution in [0.2, 0.25) is 0 Å². The van der Waals surface area contributed by atoms with Crippen molar-refractivity contribution in [3.8, 4) is 22.5 Å². The molecule has 1 saturated heterocycles. The summed E-state index contributed by atoms with van der Waals surface area (Å²) in [5, 5.41) is 9.59. The predicted molar refractivity (Wildman–Crippen MR) is 147 cm³/mol. The number of H-pyrrole nitrogens is 2. The fourth-order valence-corrected chi connectivity index (χ4v) is 4.79. The summed E-state index contributed by atoms with van der Waals surface area (Å²) in [5.41, 5.74) is 12.6. The van der Waals surface area contributed by atoms with E-state index in [1.54, 1.807) is 24.4 Å². The van der Waals surface area contributed by atoms with Gasteiger partial charge in [0.15, 0.2) is 0 Å². The van der Waals surface area contributed by atoms with Crippen LogP contribution in [0.3, 0.4) is 0 Å². The molecule has 184 valence electrons. The van der Waals surface area contributed by atoms with Gasteiger partial charge >= 0.3 is 0 Å². The molecule has 0 unspecified atom stereocenters. The van der Waals surface area contributed by atoms with Crippen LogP contribution in [0.4, 0.5) is 4.39 Å². The topological polar surface area (TPSA) is 99.0 Å². The third-order valence-corrected chi connectivity index (χ3v) is 6.69. The molecular formula is C29H26FN7. The third kappa shape index (κ3) is 4.11. The molecule has 8 heteroatoms. The first-order valence-electron chi connectivity index (χ1n) is 12.1. The van der Waals surface area contributed by atoms with Crippen LogP contribution in [-0.2, 0) is 0 Å². The molecule has 2 aromatic carbocycles. The van der Waals surface area contributed by atoms with E-state index in [0.717, 1.165) is 74.6 Å². The van der Waals surface area contributed by atoms with Gasteiger partial charge in [-0.15, -0.1) is 0 Å². The summed E-state index contributed by atoms with van der Waals surface area (Å²) in [5.74, 6) is 0.521. The number of benzene rings is 2. The maximum atomic E-state index is 13.9. The fourth-order valence-electron chi connectivity index (χ4n) is 4.79. The molecule has 1 aliphatic heterocycles. The minimum absolute atomic E-state index is 0.167. The smallest absolute Gasteiger partial charge is 0.128 e. The number of nitrogens with one attached hydrogen (secondary N) is 2. The lowest BCUT2D eigenvalue weighted by atomic mass is 10.0. The van der Waals surface area contributed by atoms with Gasteiger partial charge < -0.3 is 15.6 Å². The normalized spacial score (nSPS) is 14.9. The third-order valence-electron chi connectivity index (χ3n) is 6.69. The van der Waals surface area contributed by atoms with Crippen LogP contribution in [0.1, 0.15) is 12.6 Å². The molecule has 5 aromatic rings. The Balaban J connectivity index is 1.41. The number of aromatic amines is 2. The van der Waals surface area contributed by atoms with Gasteiger partial charge in [-0.2, -0.15) is 5.10 Å².